The molecule has 0 saturated heterocycles. The van der Waals surface area contributed by atoms with Crippen LogP contribution in [0.25, 0.3) is 0 Å². The Bertz CT molecular complexity index is 430. The molecule has 0 aromatic heterocycles. The van der Waals surface area contributed by atoms with Crippen molar-refractivity contribution in [2.75, 3.05) is 30.9 Å². The summed E-state index contributed by atoms with van der Waals surface area (Å²) in [5.74, 6) is 0.608. The first-order valence-corrected chi connectivity index (χ1v) is 7.21. The number of anilines is 2. The summed E-state index contributed by atoms with van der Waals surface area (Å²) >= 11 is 6.27. The quantitative estimate of drug-likeness (QED) is 0.831. The van der Waals surface area contributed by atoms with Gasteiger partial charge in [0.15, 0.2) is 0 Å². The summed E-state index contributed by atoms with van der Waals surface area (Å²) < 4.78 is 0. The van der Waals surface area contributed by atoms with Crippen LogP contribution in [-0.2, 0) is 4.79 Å². The molecule has 1 aromatic carbocycles. The number of benzene rings is 1. The molecule has 0 heterocycles. The van der Waals surface area contributed by atoms with Crippen LogP contribution in [0, 0.1) is 0 Å². The molecule has 3 nitrogen and oxygen atoms in total. The van der Waals surface area contributed by atoms with Gasteiger partial charge >= 0.3 is 0 Å². The molecular formula is C15H23ClN2O. The van der Waals surface area contributed by atoms with Crippen molar-refractivity contribution in [3.8, 4) is 0 Å². The van der Waals surface area contributed by atoms with Crippen molar-refractivity contribution in [2.24, 2.45) is 0 Å². The number of carbonyl (C=O) groups is 1. The molecule has 1 N–H and O–H groups in total. The molecule has 0 aliphatic heterocycles. The van der Waals surface area contributed by atoms with Crippen LogP contribution in [0.15, 0.2) is 12.1 Å². The lowest BCUT2D eigenvalue weighted by atomic mass is 10.1. The van der Waals surface area contributed by atoms with Crippen LogP contribution in [0.1, 0.15) is 38.2 Å². The van der Waals surface area contributed by atoms with Gasteiger partial charge in [-0.25, -0.2) is 0 Å². The Kier molecular flexibility index (Phi) is 6.16. The third-order valence-electron chi connectivity index (χ3n) is 3.16. The molecule has 106 valence electrons. The lowest BCUT2D eigenvalue weighted by Gasteiger charge is -2.21. The van der Waals surface area contributed by atoms with E-state index in [4.69, 9.17) is 11.6 Å². The smallest absolute Gasteiger partial charge is 0.139 e. The van der Waals surface area contributed by atoms with Crippen LogP contribution in [0.3, 0.4) is 0 Å². The molecule has 19 heavy (non-hydrogen) atoms. The Morgan fingerprint density at radius 1 is 1.42 bits per heavy atom. The predicted molar refractivity (Wildman–Crippen MR) is 83.7 cm³/mol. The van der Waals surface area contributed by atoms with Gasteiger partial charge in [-0.1, -0.05) is 25.4 Å². The molecule has 1 saturated carbocycles. The minimum atomic E-state index is 0.389. The van der Waals surface area contributed by atoms with Crippen molar-refractivity contribution in [1.82, 2.24) is 0 Å². The molecule has 0 atom stereocenters. The highest BCUT2D eigenvalue weighted by molar-refractivity contribution is 6.32. The van der Waals surface area contributed by atoms with Gasteiger partial charge in [-0.2, -0.15) is 0 Å². The van der Waals surface area contributed by atoms with E-state index >= 15 is 0 Å². The van der Waals surface area contributed by atoms with Crippen molar-refractivity contribution in [2.45, 2.75) is 32.6 Å². The highest BCUT2D eigenvalue weighted by atomic mass is 35.5. The Labute approximate surface area is 120 Å². The molecule has 0 amide bonds. The molecule has 0 spiro atoms. The summed E-state index contributed by atoms with van der Waals surface area (Å²) in [6.45, 7) is 4.39. The molecule has 2 rings (SSSR count). The van der Waals surface area contributed by atoms with Crippen LogP contribution in [0.5, 0.6) is 0 Å². The van der Waals surface area contributed by atoms with Crippen molar-refractivity contribution in [3.05, 3.63) is 22.7 Å². The lowest BCUT2D eigenvalue weighted by molar-refractivity contribution is -0.106. The highest BCUT2D eigenvalue weighted by Crippen LogP contribution is 2.46. The van der Waals surface area contributed by atoms with E-state index in [1.807, 2.05) is 38.9 Å². The molecule has 1 fully saturated rings. The number of nitrogens with zero attached hydrogens (tertiary/aromatic N) is 1. The minimum Gasteiger partial charge on any atom is -0.386 e. The molecular weight excluding hydrogens is 260 g/mol. The lowest BCUT2D eigenvalue weighted by Crippen LogP contribution is -2.20. The highest BCUT2D eigenvalue weighted by Gasteiger charge is 2.27. The van der Waals surface area contributed by atoms with Gasteiger partial charge in [-0.3, -0.25) is 0 Å². The van der Waals surface area contributed by atoms with Crippen LogP contribution in [-0.4, -0.2) is 26.9 Å². The summed E-state index contributed by atoms with van der Waals surface area (Å²) in [6, 6.07) is 4.06. The third-order valence-corrected chi connectivity index (χ3v) is 3.49. The van der Waals surface area contributed by atoms with E-state index in [0.717, 1.165) is 22.7 Å². The topological polar surface area (TPSA) is 32.3 Å². The van der Waals surface area contributed by atoms with Gasteiger partial charge in [-0.15, -0.1) is 0 Å². The molecule has 1 aromatic rings. The van der Waals surface area contributed by atoms with Crippen LogP contribution < -0.4 is 10.2 Å². The number of hydrogen-bond donors (Lipinski definition) is 1. The first kappa shape index (κ1) is 15.8. The zero-order valence-corrected chi connectivity index (χ0v) is 12.9. The monoisotopic (exact) mass is 282 g/mol. The molecule has 0 bridgehead atoms. The average molecular weight is 283 g/mol. The van der Waals surface area contributed by atoms with E-state index in [9.17, 15) is 4.79 Å². The molecule has 1 aliphatic carbocycles. The first-order chi connectivity index (χ1) is 9.17. The number of nitrogens with one attached hydrogen (secondary N) is 1. The molecule has 0 radical (unpaired) electrons. The second-order valence-electron chi connectivity index (χ2n) is 4.46. The summed E-state index contributed by atoms with van der Waals surface area (Å²) in [5, 5.41) is 3.94. The second-order valence-corrected chi connectivity index (χ2v) is 4.87. The van der Waals surface area contributed by atoms with Gasteiger partial charge in [0.05, 0.1) is 17.9 Å². The van der Waals surface area contributed by atoms with Crippen molar-refractivity contribution in [1.29, 1.82) is 0 Å². The zero-order valence-electron chi connectivity index (χ0n) is 12.2. The van der Waals surface area contributed by atoms with E-state index < -0.39 is 0 Å². The largest absolute Gasteiger partial charge is 0.386 e. The Morgan fingerprint density at radius 2 is 2.05 bits per heavy atom. The standard InChI is InChI=1S/C13H17ClN2O.C2H6/c1-15-12-8-11(14)10(9-3-4-9)7-13(12)16(2)5-6-17;1-2/h6-9,15H,3-5H2,1-2H3;1-2H3. The first-order valence-electron chi connectivity index (χ1n) is 6.83. The minimum absolute atomic E-state index is 0.389. The van der Waals surface area contributed by atoms with E-state index in [1.165, 1.54) is 18.4 Å². The fraction of sp³-hybridized carbons (Fsp3) is 0.533. The molecule has 0 unspecified atom stereocenters. The molecule has 1 aliphatic rings. The predicted octanol–water partition coefficient (Wildman–Crippen LogP) is 3.92. The summed E-state index contributed by atoms with van der Waals surface area (Å²) in [7, 11) is 3.77. The van der Waals surface area contributed by atoms with Crippen LogP contribution >= 0.6 is 11.6 Å². The van der Waals surface area contributed by atoms with Gasteiger partial charge in [-0.05, 0) is 36.5 Å². The van der Waals surface area contributed by atoms with E-state index in [1.54, 1.807) is 0 Å². The number of halogens is 1. The van der Waals surface area contributed by atoms with Gasteiger partial charge in [0.2, 0.25) is 0 Å². The number of rotatable bonds is 5. The maximum atomic E-state index is 10.6. The second kappa shape index (κ2) is 7.39. The summed E-state index contributed by atoms with van der Waals surface area (Å²) in [4.78, 5) is 12.5. The van der Waals surface area contributed by atoms with Crippen LogP contribution in [0.2, 0.25) is 5.02 Å². The maximum absolute atomic E-state index is 10.6. The zero-order chi connectivity index (χ0) is 14.4. The SMILES string of the molecule is CC.CNc1cc(Cl)c(C2CC2)cc1N(C)CC=O. The van der Waals surface area contributed by atoms with Gasteiger partial charge in [0.25, 0.3) is 0 Å². The van der Waals surface area contributed by atoms with Crippen LogP contribution in [0.4, 0.5) is 11.4 Å². The number of aldehydes is 1. The fourth-order valence-corrected chi connectivity index (χ4v) is 2.33. The summed E-state index contributed by atoms with van der Waals surface area (Å²) in [6.07, 6.45) is 3.34. The van der Waals surface area contributed by atoms with E-state index in [2.05, 4.69) is 11.4 Å². The number of likely N-dealkylation sites (N-methyl/N-ethyl adjacent to an activating group) is 1. The van der Waals surface area contributed by atoms with Crippen molar-refractivity contribution in [3.63, 3.8) is 0 Å². The number of carbonyl (C=O) groups excluding carboxylic acids is 1. The Morgan fingerprint density at radius 3 is 2.53 bits per heavy atom. The van der Waals surface area contributed by atoms with Gasteiger partial charge in [0, 0.05) is 19.1 Å². The Balaban J connectivity index is 0.000000861. The third kappa shape index (κ3) is 3.87. The van der Waals surface area contributed by atoms with E-state index in [0.29, 0.717) is 12.5 Å². The fourth-order valence-electron chi connectivity index (χ4n) is 2.01. The summed E-state index contributed by atoms with van der Waals surface area (Å²) in [5.41, 5.74) is 3.20. The normalized spacial score (nSPS) is 13.3. The van der Waals surface area contributed by atoms with Crippen molar-refractivity contribution < 1.29 is 4.79 Å². The number of hydrogen-bond acceptors (Lipinski definition) is 3. The average Bonchev–Trinajstić information content (AvgIpc) is 3.25. The van der Waals surface area contributed by atoms with Crippen molar-refractivity contribution >= 4 is 29.3 Å². The van der Waals surface area contributed by atoms with E-state index in [-0.39, 0.29) is 0 Å². The maximum Gasteiger partial charge on any atom is 0.139 e. The van der Waals surface area contributed by atoms with Gasteiger partial charge in [0.1, 0.15) is 6.29 Å². The molecule has 4 heteroatoms. The van der Waals surface area contributed by atoms with Gasteiger partial charge < -0.3 is 15.0 Å². The Hall–Kier alpha value is -1.22.